The van der Waals surface area contributed by atoms with Gasteiger partial charge in [-0.3, -0.25) is 0 Å². The van der Waals surface area contributed by atoms with Gasteiger partial charge in [0.1, 0.15) is 5.60 Å². The topological polar surface area (TPSA) is 61.8 Å². The SMILES string of the molecule is CC(C)(CO)NCC1CCCN(C(=O)OC(C)(C)C)C1. The van der Waals surface area contributed by atoms with Gasteiger partial charge in [0.05, 0.1) is 6.61 Å². The lowest BCUT2D eigenvalue weighted by atomic mass is 9.96. The molecular weight excluding hydrogens is 256 g/mol. The van der Waals surface area contributed by atoms with Crippen LogP contribution in [0.1, 0.15) is 47.5 Å². The Hall–Kier alpha value is -0.810. The second-order valence-corrected chi connectivity index (χ2v) is 7.36. The number of ether oxygens (including phenoxy) is 1. The lowest BCUT2D eigenvalue weighted by Crippen LogP contribution is -2.49. The van der Waals surface area contributed by atoms with Crippen LogP contribution >= 0.6 is 0 Å². The molecule has 0 spiro atoms. The van der Waals surface area contributed by atoms with Gasteiger partial charge in [0.15, 0.2) is 0 Å². The van der Waals surface area contributed by atoms with E-state index in [-0.39, 0.29) is 18.2 Å². The van der Waals surface area contributed by atoms with Crippen LogP contribution in [0.25, 0.3) is 0 Å². The van der Waals surface area contributed by atoms with E-state index in [0.29, 0.717) is 5.92 Å². The molecule has 118 valence electrons. The lowest BCUT2D eigenvalue weighted by Gasteiger charge is -2.35. The van der Waals surface area contributed by atoms with Crippen molar-refractivity contribution in [2.24, 2.45) is 5.92 Å². The monoisotopic (exact) mass is 286 g/mol. The molecule has 0 radical (unpaired) electrons. The van der Waals surface area contributed by atoms with Crippen molar-refractivity contribution >= 4 is 6.09 Å². The zero-order chi connectivity index (χ0) is 15.4. The molecule has 1 fully saturated rings. The highest BCUT2D eigenvalue weighted by atomic mass is 16.6. The summed E-state index contributed by atoms with van der Waals surface area (Å²) in [6.07, 6.45) is 1.89. The van der Waals surface area contributed by atoms with Crippen molar-refractivity contribution in [3.05, 3.63) is 0 Å². The average Bonchev–Trinajstić information content (AvgIpc) is 2.35. The molecule has 1 atom stereocenters. The molecular formula is C15H30N2O3. The van der Waals surface area contributed by atoms with E-state index in [9.17, 15) is 9.90 Å². The normalized spacial score (nSPS) is 20.9. The van der Waals surface area contributed by atoms with E-state index in [2.05, 4.69) is 5.32 Å². The third kappa shape index (κ3) is 6.09. The number of aliphatic hydroxyl groups is 1. The first-order chi connectivity index (χ1) is 9.13. The van der Waals surface area contributed by atoms with Crippen LogP contribution in [-0.4, -0.2) is 53.5 Å². The number of nitrogens with one attached hydrogen (secondary N) is 1. The highest BCUT2D eigenvalue weighted by Gasteiger charge is 2.28. The summed E-state index contributed by atoms with van der Waals surface area (Å²) in [5, 5.41) is 12.6. The number of nitrogens with zero attached hydrogens (tertiary/aromatic N) is 1. The van der Waals surface area contributed by atoms with Crippen molar-refractivity contribution in [2.75, 3.05) is 26.2 Å². The van der Waals surface area contributed by atoms with Crippen molar-refractivity contribution in [1.82, 2.24) is 10.2 Å². The Labute approximate surface area is 122 Å². The van der Waals surface area contributed by atoms with Gasteiger partial charge in [-0.05, 0) is 53.4 Å². The van der Waals surface area contributed by atoms with Gasteiger partial charge in [0.25, 0.3) is 0 Å². The van der Waals surface area contributed by atoms with Crippen LogP contribution in [0.5, 0.6) is 0 Å². The lowest BCUT2D eigenvalue weighted by molar-refractivity contribution is 0.0161. The average molecular weight is 286 g/mol. The fourth-order valence-corrected chi connectivity index (χ4v) is 2.20. The zero-order valence-corrected chi connectivity index (χ0v) is 13.5. The first kappa shape index (κ1) is 17.2. The van der Waals surface area contributed by atoms with Gasteiger partial charge >= 0.3 is 6.09 Å². The molecule has 1 aliphatic rings. The molecule has 1 heterocycles. The maximum absolute atomic E-state index is 12.1. The summed E-state index contributed by atoms with van der Waals surface area (Å²) in [5.41, 5.74) is -0.713. The highest BCUT2D eigenvalue weighted by molar-refractivity contribution is 5.68. The van der Waals surface area contributed by atoms with E-state index in [1.807, 2.05) is 34.6 Å². The first-order valence-electron chi connectivity index (χ1n) is 7.47. The van der Waals surface area contributed by atoms with Crippen molar-refractivity contribution in [3.63, 3.8) is 0 Å². The summed E-state index contributed by atoms with van der Waals surface area (Å²) >= 11 is 0. The molecule has 2 N–H and O–H groups in total. The second-order valence-electron chi connectivity index (χ2n) is 7.36. The minimum absolute atomic E-state index is 0.107. The predicted octanol–water partition coefficient (Wildman–Crippen LogP) is 1.99. The third-order valence-electron chi connectivity index (χ3n) is 3.44. The summed E-state index contributed by atoms with van der Waals surface area (Å²) in [7, 11) is 0. The fraction of sp³-hybridized carbons (Fsp3) is 0.933. The Kier molecular flexibility index (Phi) is 5.83. The van der Waals surface area contributed by atoms with Gasteiger partial charge in [-0.1, -0.05) is 0 Å². The van der Waals surface area contributed by atoms with E-state index in [4.69, 9.17) is 4.74 Å². The Balaban J connectivity index is 2.44. The van der Waals surface area contributed by atoms with Crippen LogP contribution in [0.15, 0.2) is 0 Å². The van der Waals surface area contributed by atoms with Crippen LogP contribution < -0.4 is 5.32 Å². The predicted molar refractivity (Wildman–Crippen MR) is 79.7 cm³/mol. The Morgan fingerprint density at radius 1 is 1.35 bits per heavy atom. The summed E-state index contributed by atoms with van der Waals surface area (Å²) < 4.78 is 5.42. The number of hydrogen-bond donors (Lipinski definition) is 2. The van der Waals surface area contributed by atoms with E-state index >= 15 is 0 Å². The highest BCUT2D eigenvalue weighted by Crippen LogP contribution is 2.19. The second kappa shape index (κ2) is 6.76. The van der Waals surface area contributed by atoms with Crippen LogP contribution in [-0.2, 0) is 4.74 Å². The minimum atomic E-state index is -0.443. The van der Waals surface area contributed by atoms with Crippen molar-refractivity contribution in [3.8, 4) is 0 Å². The van der Waals surface area contributed by atoms with Crippen molar-refractivity contribution < 1.29 is 14.6 Å². The summed E-state index contributed by atoms with van der Waals surface area (Å²) in [6.45, 7) is 12.0. The first-order valence-corrected chi connectivity index (χ1v) is 7.47. The van der Waals surface area contributed by atoms with Gasteiger partial charge in [-0.25, -0.2) is 4.79 Å². The largest absolute Gasteiger partial charge is 0.444 e. The molecule has 0 aliphatic carbocycles. The van der Waals surface area contributed by atoms with Crippen molar-refractivity contribution in [1.29, 1.82) is 0 Å². The smallest absolute Gasteiger partial charge is 0.410 e. The van der Waals surface area contributed by atoms with Crippen LogP contribution in [0, 0.1) is 5.92 Å². The van der Waals surface area contributed by atoms with E-state index in [1.54, 1.807) is 4.90 Å². The number of aliphatic hydroxyl groups excluding tert-OH is 1. The maximum Gasteiger partial charge on any atom is 0.410 e. The number of hydrogen-bond acceptors (Lipinski definition) is 4. The molecule has 0 bridgehead atoms. The van der Waals surface area contributed by atoms with Crippen LogP contribution in [0.4, 0.5) is 4.79 Å². The summed E-state index contributed by atoms with van der Waals surface area (Å²) in [6, 6.07) is 0. The zero-order valence-electron chi connectivity index (χ0n) is 13.5. The Bertz CT molecular complexity index is 324. The number of carbonyl (C=O) groups is 1. The fourth-order valence-electron chi connectivity index (χ4n) is 2.20. The minimum Gasteiger partial charge on any atom is -0.444 e. The number of likely N-dealkylation sites (tertiary alicyclic amines) is 1. The molecule has 5 nitrogen and oxygen atoms in total. The molecule has 0 aromatic rings. The van der Waals surface area contributed by atoms with Gasteiger partial charge in [0, 0.05) is 25.2 Å². The maximum atomic E-state index is 12.1. The van der Waals surface area contributed by atoms with E-state index < -0.39 is 5.60 Å². The molecule has 0 aromatic carbocycles. The molecule has 1 unspecified atom stereocenters. The number of amides is 1. The van der Waals surface area contributed by atoms with Gasteiger partial charge in [0.2, 0.25) is 0 Å². The van der Waals surface area contributed by atoms with E-state index in [1.165, 1.54) is 0 Å². The van der Waals surface area contributed by atoms with Gasteiger partial charge in [-0.2, -0.15) is 0 Å². The summed E-state index contributed by atoms with van der Waals surface area (Å²) in [5.74, 6) is 0.419. The quantitative estimate of drug-likeness (QED) is 0.830. The summed E-state index contributed by atoms with van der Waals surface area (Å²) in [4.78, 5) is 13.9. The standard InChI is InChI=1S/C15H30N2O3/c1-14(2,3)20-13(19)17-8-6-7-12(10-17)9-16-15(4,5)11-18/h12,16,18H,6-11H2,1-5H3. The molecule has 5 heteroatoms. The Morgan fingerprint density at radius 3 is 2.55 bits per heavy atom. The molecule has 1 saturated heterocycles. The van der Waals surface area contributed by atoms with Crippen LogP contribution in [0.2, 0.25) is 0 Å². The molecule has 20 heavy (non-hydrogen) atoms. The molecule has 0 aromatic heterocycles. The van der Waals surface area contributed by atoms with Gasteiger partial charge in [-0.15, -0.1) is 0 Å². The van der Waals surface area contributed by atoms with Crippen LogP contribution in [0.3, 0.4) is 0 Å². The molecule has 1 amide bonds. The Morgan fingerprint density at radius 2 is 2.00 bits per heavy atom. The van der Waals surface area contributed by atoms with Gasteiger partial charge < -0.3 is 20.1 Å². The molecule has 0 saturated carbocycles. The van der Waals surface area contributed by atoms with E-state index in [0.717, 1.165) is 32.5 Å². The third-order valence-corrected chi connectivity index (χ3v) is 3.44. The number of rotatable bonds is 4. The number of carbonyl (C=O) groups excluding carboxylic acids is 1. The molecule has 1 rings (SSSR count). The number of piperidine rings is 1. The molecule has 1 aliphatic heterocycles. The van der Waals surface area contributed by atoms with Crippen molar-refractivity contribution in [2.45, 2.75) is 58.6 Å².